The Morgan fingerprint density at radius 2 is 1.65 bits per heavy atom. The fourth-order valence-corrected chi connectivity index (χ4v) is 2.17. The van der Waals surface area contributed by atoms with E-state index in [0.717, 1.165) is 5.39 Å². The third-order valence-corrected chi connectivity index (χ3v) is 3.32. The van der Waals surface area contributed by atoms with Crippen molar-refractivity contribution >= 4 is 22.8 Å². The van der Waals surface area contributed by atoms with E-state index in [0.29, 0.717) is 25.1 Å². The van der Waals surface area contributed by atoms with Gasteiger partial charge < -0.3 is 19.5 Å². The lowest BCUT2D eigenvalue weighted by Gasteiger charge is -2.04. The molecule has 3 aromatic rings. The molecule has 0 radical (unpaired) electrons. The van der Waals surface area contributed by atoms with Crippen molar-refractivity contribution in [3.05, 3.63) is 60.2 Å². The van der Waals surface area contributed by atoms with Crippen molar-refractivity contribution in [1.29, 1.82) is 0 Å². The van der Waals surface area contributed by atoms with Gasteiger partial charge >= 0.3 is 0 Å². The molecule has 23 heavy (non-hydrogen) atoms. The Kier molecular flexibility index (Phi) is 4.42. The van der Waals surface area contributed by atoms with Gasteiger partial charge in [-0.15, -0.1) is 0 Å². The molecule has 0 saturated carbocycles. The quantitative estimate of drug-likeness (QED) is 0.685. The summed E-state index contributed by atoms with van der Waals surface area (Å²) in [4.78, 5) is 23.6. The molecular weight excluding hydrogens is 296 g/mol. The van der Waals surface area contributed by atoms with Crippen LogP contribution >= 0.6 is 0 Å². The maximum absolute atomic E-state index is 12.0. The fraction of sp³-hybridized carbons (Fsp3) is 0.176. The number of hydrogen-bond donors (Lipinski definition) is 2. The molecule has 2 heterocycles. The van der Waals surface area contributed by atoms with Gasteiger partial charge in [-0.2, -0.15) is 0 Å². The average molecular weight is 312 g/mol. The second-order valence-corrected chi connectivity index (χ2v) is 4.99. The van der Waals surface area contributed by atoms with Crippen LogP contribution in [0.1, 0.15) is 27.5 Å². The second-order valence-electron chi connectivity index (χ2n) is 4.99. The minimum absolute atomic E-state index is 0.265. The van der Waals surface area contributed by atoms with Gasteiger partial charge in [0.15, 0.2) is 11.5 Å². The number of rotatable bonds is 6. The molecule has 2 N–H and O–H groups in total. The predicted octanol–water partition coefficient (Wildman–Crippen LogP) is 2.58. The Hall–Kier alpha value is -3.02. The molecule has 1 aromatic carbocycles. The standard InChI is InChI=1S/C17H16N2O4/c20-16(14-7-3-10-22-14)18-8-4-9-19-17(21)15-11-12-5-1-2-6-13(12)23-15/h1-3,5-7,10-11H,4,8-9H2,(H,18,20)(H,19,21). The highest BCUT2D eigenvalue weighted by Crippen LogP contribution is 2.18. The minimum atomic E-state index is -0.265. The van der Waals surface area contributed by atoms with Gasteiger partial charge in [-0.25, -0.2) is 0 Å². The van der Waals surface area contributed by atoms with Crippen molar-refractivity contribution in [1.82, 2.24) is 10.6 Å². The van der Waals surface area contributed by atoms with Crippen molar-refractivity contribution < 1.29 is 18.4 Å². The normalized spacial score (nSPS) is 10.6. The summed E-state index contributed by atoms with van der Waals surface area (Å²) in [7, 11) is 0. The first-order valence-electron chi connectivity index (χ1n) is 7.32. The van der Waals surface area contributed by atoms with Crippen LogP contribution in [-0.2, 0) is 0 Å². The van der Waals surface area contributed by atoms with E-state index in [2.05, 4.69) is 10.6 Å². The van der Waals surface area contributed by atoms with Gasteiger partial charge in [0, 0.05) is 18.5 Å². The predicted molar refractivity (Wildman–Crippen MR) is 84.2 cm³/mol. The molecule has 0 fully saturated rings. The number of furan rings is 2. The van der Waals surface area contributed by atoms with E-state index in [1.165, 1.54) is 6.26 Å². The number of benzene rings is 1. The summed E-state index contributed by atoms with van der Waals surface area (Å²) in [5.74, 6) is 0.0271. The minimum Gasteiger partial charge on any atom is -0.459 e. The van der Waals surface area contributed by atoms with Crippen LogP contribution in [0.4, 0.5) is 0 Å². The van der Waals surface area contributed by atoms with Crippen LogP contribution in [0, 0.1) is 0 Å². The maximum Gasteiger partial charge on any atom is 0.287 e. The van der Waals surface area contributed by atoms with Gasteiger partial charge in [-0.1, -0.05) is 18.2 Å². The zero-order valence-corrected chi connectivity index (χ0v) is 12.4. The van der Waals surface area contributed by atoms with E-state index in [4.69, 9.17) is 8.83 Å². The third kappa shape index (κ3) is 3.60. The highest BCUT2D eigenvalue weighted by atomic mass is 16.3. The molecular formula is C17H16N2O4. The first-order chi connectivity index (χ1) is 11.2. The Labute approximate surface area is 132 Å². The molecule has 6 heteroatoms. The van der Waals surface area contributed by atoms with Crippen LogP contribution in [0.2, 0.25) is 0 Å². The molecule has 6 nitrogen and oxygen atoms in total. The van der Waals surface area contributed by atoms with E-state index >= 15 is 0 Å². The Balaban J connectivity index is 1.42. The zero-order chi connectivity index (χ0) is 16.1. The summed E-state index contributed by atoms with van der Waals surface area (Å²) in [6.07, 6.45) is 2.06. The molecule has 2 aromatic heterocycles. The van der Waals surface area contributed by atoms with Crippen molar-refractivity contribution in [2.45, 2.75) is 6.42 Å². The van der Waals surface area contributed by atoms with Crippen LogP contribution in [0.3, 0.4) is 0 Å². The first kappa shape index (κ1) is 14.9. The van der Waals surface area contributed by atoms with Gasteiger partial charge in [0.1, 0.15) is 5.58 Å². The summed E-state index contributed by atoms with van der Waals surface area (Å²) in [6, 6.07) is 12.4. The maximum atomic E-state index is 12.0. The average Bonchev–Trinajstić information content (AvgIpc) is 3.23. The summed E-state index contributed by atoms with van der Waals surface area (Å²) in [5, 5.41) is 6.37. The number of carbonyl (C=O) groups excluding carboxylic acids is 2. The van der Waals surface area contributed by atoms with Crippen molar-refractivity contribution in [2.75, 3.05) is 13.1 Å². The van der Waals surface area contributed by atoms with Crippen molar-refractivity contribution in [3.63, 3.8) is 0 Å². The topological polar surface area (TPSA) is 84.5 Å². The number of fused-ring (bicyclic) bond motifs is 1. The summed E-state index contributed by atoms with van der Waals surface area (Å²) >= 11 is 0. The molecule has 0 aliphatic heterocycles. The largest absolute Gasteiger partial charge is 0.459 e. The van der Waals surface area contributed by atoms with Crippen molar-refractivity contribution in [3.8, 4) is 0 Å². The van der Waals surface area contributed by atoms with Gasteiger partial charge in [-0.3, -0.25) is 9.59 Å². The van der Waals surface area contributed by atoms with Gasteiger partial charge in [0.2, 0.25) is 0 Å². The zero-order valence-electron chi connectivity index (χ0n) is 12.4. The molecule has 0 spiro atoms. The molecule has 0 saturated heterocycles. The third-order valence-electron chi connectivity index (χ3n) is 3.32. The Morgan fingerprint density at radius 3 is 2.35 bits per heavy atom. The lowest BCUT2D eigenvalue weighted by atomic mass is 10.2. The second kappa shape index (κ2) is 6.83. The van der Waals surface area contributed by atoms with Gasteiger partial charge in [0.05, 0.1) is 6.26 Å². The van der Waals surface area contributed by atoms with Crippen LogP contribution < -0.4 is 10.6 Å². The molecule has 0 bridgehead atoms. The van der Waals surface area contributed by atoms with Crippen LogP contribution in [-0.4, -0.2) is 24.9 Å². The smallest absolute Gasteiger partial charge is 0.287 e. The summed E-state index contributed by atoms with van der Waals surface area (Å²) < 4.78 is 10.5. The highest BCUT2D eigenvalue weighted by molar-refractivity contribution is 5.96. The lowest BCUT2D eigenvalue weighted by molar-refractivity contribution is 0.0924. The van der Waals surface area contributed by atoms with Gasteiger partial charge in [0.25, 0.3) is 11.8 Å². The molecule has 0 aliphatic carbocycles. The molecule has 0 unspecified atom stereocenters. The number of para-hydroxylation sites is 1. The SMILES string of the molecule is O=C(NCCCNC(=O)c1cc2ccccc2o1)c1ccco1. The summed E-state index contributed by atoms with van der Waals surface area (Å²) in [5.41, 5.74) is 0.684. The van der Waals surface area contributed by atoms with E-state index < -0.39 is 0 Å². The van der Waals surface area contributed by atoms with Crippen LogP contribution in [0.15, 0.2) is 57.6 Å². The van der Waals surface area contributed by atoms with Crippen LogP contribution in [0.5, 0.6) is 0 Å². The molecule has 0 aliphatic rings. The summed E-state index contributed by atoms with van der Waals surface area (Å²) in [6.45, 7) is 0.883. The van der Waals surface area contributed by atoms with Gasteiger partial charge in [-0.05, 0) is 30.7 Å². The number of hydrogen-bond acceptors (Lipinski definition) is 4. The van der Waals surface area contributed by atoms with E-state index in [9.17, 15) is 9.59 Å². The lowest BCUT2D eigenvalue weighted by Crippen LogP contribution is -2.29. The highest BCUT2D eigenvalue weighted by Gasteiger charge is 2.11. The number of carbonyl (C=O) groups is 2. The molecule has 3 rings (SSSR count). The van der Waals surface area contributed by atoms with E-state index in [1.54, 1.807) is 18.2 Å². The molecule has 118 valence electrons. The monoisotopic (exact) mass is 312 g/mol. The Morgan fingerprint density at radius 1 is 0.913 bits per heavy atom. The first-order valence-corrected chi connectivity index (χ1v) is 7.32. The molecule has 0 atom stereocenters. The van der Waals surface area contributed by atoms with E-state index in [1.807, 2.05) is 24.3 Å². The van der Waals surface area contributed by atoms with Crippen molar-refractivity contribution in [2.24, 2.45) is 0 Å². The number of amides is 2. The van der Waals surface area contributed by atoms with Crippen LogP contribution in [0.25, 0.3) is 11.0 Å². The fourth-order valence-electron chi connectivity index (χ4n) is 2.17. The van der Waals surface area contributed by atoms with E-state index in [-0.39, 0.29) is 23.3 Å². The molecule has 2 amide bonds. The Bertz CT molecular complexity index is 772. The number of nitrogens with one attached hydrogen (secondary N) is 2.